The Hall–Kier alpha value is -1.96. The fraction of sp³-hybridized carbons (Fsp3) is 0.0714. The largest absolute Gasteiger partial charge is 0.398 e. The number of nitrogens with zero attached hydrogens (tertiary/aromatic N) is 3. The number of nitrogens with two attached hydrogens (primary N) is 1. The Morgan fingerprint density at radius 1 is 1.25 bits per heavy atom. The number of halogens is 1. The van der Waals surface area contributed by atoms with Crippen LogP contribution < -0.4 is 5.73 Å². The standard InChI is InChI=1S/C14H11IN4O/c1-8-3-2-6-17-12(8)13-18-14(20-19-13)10-7-9(15)4-5-11(10)16/h2-7H,16H2,1H3. The van der Waals surface area contributed by atoms with Crippen molar-refractivity contribution < 1.29 is 4.52 Å². The van der Waals surface area contributed by atoms with Crippen molar-refractivity contribution in [2.24, 2.45) is 0 Å². The lowest BCUT2D eigenvalue weighted by Gasteiger charge is -2.00. The maximum absolute atomic E-state index is 5.95. The van der Waals surface area contributed by atoms with Crippen molar-refractivity contribution >= 4 is 28.3 Å². The summed E-state index contributed by atoms with van der Waals surface area (Å²) in [5.74, 6) is 0.873. The molecule has 0 atom stereocenters. The molecule has 0 bridgehead atoms. The van der Waals surface area contributed by atoms with Crippen LogP contribution in [0, 0.1) is 10.5 Å². The Morgan fingerprint density at radius 2 is 2.10 bits per heavy atom. The fourth-order valence-corrected chi connectivity index (χ4v) is 2.35. The van der Waals surface area contributed by atoms with Crippen molar-refractivity contribution in [3.63, 3.8) is 0 Å². The van der Waals surface area contributed by atoms with Gasteiger partial charge in [-0.05, 0) is 59.3 Å². The lowest BCUT2D eigenvalue weighted by Crippen LogP contribution is -1.92. The summed E-state index contributed by atoms with van der Waals surface area (Å²) < 4.78 is 6.37. The number of aromatic nitrogens is 3. The Morgan fingerprint density at radius 3 is 2.90 bits per heavy atom. The molecule has 0 spiro atoms. The minimum Gasteiger partial charge on any atom is -0.398 e. The third kappa shape index (κ3) is 2.38. The molecule has 100 valence electrons. The molecule has 0 aliphatic carbocycles. The third-order valence-corrected chi connectivity index (χ3v) is 3.56. The molecule has 0 amide bonds. The van der Waals surface area contributed by atoms with Gasteiger partial charge in [-0.3, -0.25) is 4.98 Å². The molecular weight excluding hydrogens is 367 g/mol. The first-order valence-corrected chi connectivity index (χ1v) is 7.04. The van der Waals surface area contributed by atoms with E-state index in [2.05, 4.69) is 37.7 Å². The number of hydrogen-bond donors (Lipinski definition) is 1. The van der Waals surface area contributed by atoms with Crippen molar-refractivity contribution in [3.8, 4) is 23.0 Å². The van der Waals surface area contributed by atoms with Crippen molar-refractivity contribution in [2.75, 3.05) is 5.73 Å². The van der Waals surface area contributed by atoms with Gasteiger partial charge >= 0.3 is 0 Å². The highest BCUT2D eigenvalue weighted by Gasteiger charge is 2.15. The van der Waals surface area contributed by atoms with E-state index in [-0.39, 0.29) is 0 Å². The molecule has 0 aliphatic heterocycles. The molecule has 3 rings (SSSR count). The second kappa shape index (κ2) is 5.20. The summed E-state index contributed by atoms with van der Waals surface area (Å²) in [7, 11) is 0. The SMILES string of the molecule is Cc1cccnc1-c1noc(-c2cc(I)ccc2N)n1. The van der Waals surface area contributed by atoms with Crippen LogP contribution in [0.3, 0.4) is 0 Å². The Kier molecular flexibility index (Phi) is 3.39. The molecule has 2 heterocycles. The molecule has 20 heavy (non-hydrogen) atoms. The Balaban J connectivity index is 2.07. The number of nitrogen functional groups attached to an aromatic ring is 1. The summed E-state index contributed by atoms with van der Waals surface area (Å²) in [5, 5.41) is 3.99. The number of rotatable bonds is 2. The smallest absolute Gasteiger partial charge is 0.260 e. The van der Waals surface area contributed by atoms with Crippen LogP contribution in [0.25, 0.3) is 23.0 Å². The first-order valence-electron chi connectivity index (χ1n) is 5.96. The average molecular weight is 378 g/mol. The molecule has 5 nitrogen and oxygen atoms in total. The van der Waals surface area contributed by atoms with Crippen molar-refractivity contribution in [1.82, 2.24) is 15.1 Å². The van der Waals surface area contributed by atoms with E-state index in [1.54, 1.807) is 6.20 Å². The third-order valence-electron chi connectivity index (χ3n) is 2.89. The molecule has 1 aromatic carbocycles. The van der Waals surface area contributed by atoms with Crippen LogP contribution in [0.15, 0.2) is 41.1 Å². The van der Waals surface area contributed by atoms with Crippen molar-refractivity contribution in [2.45, 2.75) is 6.92 Å². The molecule has 0 unspecified atom stereocenters. The van der Waals surface area contributed by atoms with Crippen LogP contribution >= 0.6 is 22.6 Å². The number of pyridine rings is 1. The van der Waals surface area contributed by atoms with Gasteiger partial charge in [0, 0.05) is 15.5 Å². The predicted octanol–water partition coefficient (Wildman–Crippen LogP) is 3.29. The van der Waals surface area contributed by atoms with Gasteiger partial charge in [-0.25, -0.2) is 0 Å². The first kappa shape index (κ1) is 13.0. The number of anilines is 1. The van der Waals surface area contributed by atoms with Crippen LogP contribution in [-0.2, 0) is 0 Å². The lowest BCUT2D eigenvalue weighted by molar-refractivity contribution is 0.432. The van der Waals surface area contributed by atoms with E-state index in [4.69, 9.17) is 10.3 Å². The minimum absolute atomic E-state index is 0.404. The van der Waals surface area contributed by atoms with E-state index in [1.165, 1.54) is 0 Å². The number of aryl methyl sites for hydroxylation is 1. The van der Waals surface area contributed by atoms with Gasteiger partial charge in [-0.2, -0.15) is 4.98 Å². The van der Waals surface area contributed by atoms with E-state index in [0.717, 1.165) is 14.7 Å². The molecule has 0 aliphatic rings. The minimum atomic E-state index is 0.404. The molecule has 2 N–H and O–H groups in total. The van der Waals surface area contributed by atoms with Crippen molar-refractivity contribution in [3.05, 3.63) is 45.7 Å². The van der Waals surface area contributed by atoms with Crippen LogP contribution in [0.2, 0.25) is 0 Å². The van der Waals surface area contributed by atoms with Gasteiger partial charge in [-0.15, -0.1) is 0 Å². The summed E-state index contributed by atoms with van der Waals surface area (Å²) in [6, 6.07) is 9.50. The second-order valence-electron chi connectivity index (χ2n) is 4.32. The molecule has 6 heteroatoms. The van der Waals surface area contributed by atoms with Gasteiger partial charge in [0.15, 0.2) is 0 Å². The topological polar surface area (TPSA) is 77.8 Å². The highest BCUT2D eigenvalue weighted by Crippen LogP contribution is 2.28. The number of benzene rings is 1. The van der Waals surface area contributed by atoms with Crippen molar-refractivity contribution in [1.29, 1.82) is 0 Å². The summed E-state index contributed by atoms with van der Waals surface area (Å²) in [6.07, 6.45) is 1.71. The number of hydrogen-bond acceptors (Lipinski definition) is 5. The van der Waals surface area contributed by atoms with Gasteiger partial charge in [0.05, 0.1) is 5.56 Å². The molecule has 2 aromatic heterocycles. The van der Waals surface area contributed by atoms with Crippen LogP contribution in [-0.4, -0.2) is 15.1 Å². The molecule has 0 radical (unpaired) electrons. The Labute approximate surface area is 129 Å². The summed E-state index contributed by atoms with van der Waals surface area (Å²) in [4.78, 5) is 8.67. The summed E-state index contributed by atoms with van der Waals surface area (Å²) >= 11 is 2.21. The normalized spacial score (nSPS) is 10.7. The van der Waals surface area contributed by atoms with Gasteiger partial charge in [0.2, 0.25) is 5.82 Å². The average Bonchev–Trinajstić information content (AvgIpc) is 2.91. The monoisotopic (exact) mass is 378 g/mol. The summed E-state index contributed by atoms with van der Waals surface area (Å²) in [5.41, 5.74) is 9.01. The van der Waals surface area contributed by atoms with Gasteiger partial charge in [-0.1, -0.05) is 11.2 Å². The Bertz CT molecular complexity index is 769. The fourth-order valence-electron chi connectivity index (χ4n) is 1.86. The molecule has 0 saturated heterocycles. The highest BCUT2D eigenvalue weighted by molar-refractivity contribution is 14.1. The predicted molar refractivity (Wildman–Crippen MR) is 84.8 cm³/mol. The maximum Gasteiger partial charge on any atom is 0.260 e. The molecule has 0 saturated carbocycles. The molecule has 0 fully saturated rings. The van der Waals surface area contributed by atoms with Gasteiger partial charge < -0.3 is 10.3 Å². The zero-order valence-electron chi connectivity index (χ0n) is 10.7. The molecule has 3 aromatic rings. The summed E-state index contributed by atoms with van der Waals surface area (Å²) in [6.45, 7) is 1.96. The zero-order valence-corrected chi connectivity index (χ0v) is 12.8. The van der Waals surface area contributed by atoms with E-state index < -0.39 is 0 Å². The first-order chi connectivity index (χ1) is 9.65. The van der Waals surface area contributed by atoms with Gasteiger partial charge in [0.25, 0.3) is 5.89 Å². The van der Waals surface area contributed by atoms with E-state index in [1.807, 2.05) is 37.3 Å². The van der Waals surface area contributed by atoms with E-state index in [0.29, 0.717) is 23.1 Å². The molecular formula is C14H11IN4O. The van der Waals surface area contributed by atoms with E-state index in [9.17, 15) is 0 Å². The maximum atomic E-state index is 5.95. The lowest BCUT2D eigenvalue weighted by atomic mass is 10.2. The second-order valence-corrected chi connectivity index (χ2v) is 5.57. The quantitative estimate of drug-likeness (QED) is 0.547. The van der Waals surface area contributed by atoms with E-state index >= 15 is 0 Å². The highest BCUT2D eigenvalue weighted by atomic mass is 127. The van der Waals surface area contributed by atoms with Crippen LogP contribution in [0.4, 0.5) is 5.69 Å². The zero-order chi connectivity index (χ0) is 14.1. The van der Waals surface area contributed by atoms with Crippen LogP contribution in [0.1, 0.15) is 5.56 Å². The van der Waals surface area contributed by atoms with Gasteiger partial charge in [0.1, 0.15) is 5.69 Å². The van der Waals surface area contributed by atoms with Crippen LogP contribution in [0.5, 0.6) is 0 Å².